The SMILES string of the molecule is CCCN(c1cc(=O)[nH]c(CC)n1)C1COCC1C(=O)O. The molecule has 0 amide bonds. The van der Waals surface area contributed by atoms with Crippen molar-refractivity contribution in [2.45, 2.75) is 32.7 Å². The number of aromatic amines is 1. The molecule has 116 valence electrons. The minimum Gasteiger partial charge on any atom is -0.481 e. The van der Waals surface area contributed by atoms with Crippen molar-refractivity contribution in [1.82, 2.24) is 9.97 Å². The Labute approximate surface area is 123 Å². The van der Waals surface area contributed by atoms with Crippen LogP contribution in [0.5, 0.6) is 0 Å². The van der Waals surface area contributed by atoms with Gasteiger partial charge in [0.05, 0.1) is 19.3 Å². The summed E-state index contributed by atoms with van der Waals surface area (Å²) in [5.41, 5.74) is -0.219. The molecular weight excluding hydrogens is 274 g/mol. The van der Waals surface area contributed by atoms with E-state index >= 15 is 0 Å². The summed E-state index contributed by atoms with van der Waals surface area (Å²) in [6.07, 6.45) is 1.45. The number of ether oxygens (including phenoxy) is 1. The number of rotatable bonds is 6. The fraction of sp³-hybridized carbons (Fsp3) is 0.643. The van der Waals surface area contributed by atoms with E-state index < -0.39 is 11.9 Å². The molecule has 1 aromatic heterocycles. The monoisotopic (exact) mass is 295 g/mol. The standard InChI is InChI=1S/C14H21N3O4/c1-3-5-17(10-8-21-7-9(10)14(19)20)12-6-13(18)16-11(4-2)15-12/h6,9-10H,3-5,7-8H2,1-2H3,(H,19,20)(H,15,16,18). The quantitative estimate of drug-likeness (QED) is 0.800. The fourth-order valence-electron chi connectivity index (χ4n) is 2.59. The minimum atomic E-state index is -0.876. The molecule has 2 rings (SSSR count). The van der Waals surface area contributed by atoms with Crippen LogP contribution in [0.25, 0.3) is 0 Å². The first-order chi connectivity index (χ1) is 10.1. The summed E-state index contributed by atoms with van der Waals surface area (Å²) < 4.78 is 5.33. The molecule has 2 N–H and O–H groups in total. The Bertz CT molecular complexity index is 557. The smallest absolute Gasteiger partial charge is 0.311 e. The van der Waals surface area contributed by atoms with Gasteiger partial charge in [-0.05, 0) is 6.42 Å². The number of hydrogen-bond donors (Lipinski definition) is 2. The van der Waals surface area contributed by atoms with Crippen molar-refractivity contribution in [2.24, 2.45) is 5.92 Å². The van der Waals surface area contributed by atoms with Crippen LogP contribution in [0.2, 0.25) is 0 Å². The highest BCUT2D eigenvalue weighted by atomic mass is 16.5. The lowest BCUT2D eigenvalue weighted by atomic mass is 10.0. The third-order valence-corrected chi connectivity index (χ3v) is 3.64. The number of aliphatic carboxylic acids is 1. The molecule has 0 aromatic carbocycles. The normalized spacial score (nSPS) is 21.4. The first-order valence-electron chi connectivity index (χ1n) is 7.24. The highest BCUT2D eigenvalue weighted by Crippen LogP contribution is 2.24. The van der Waals surface area contributed by atoms with Crippen LogP contribution >= 0.6 is 0 Å². The van der Waals surface area contributed by atoms with Crippen LogP contribution in [0, 0.1) is 5.92 Å². The Kier molecular flexibility index (Phi) is 4.95. The van der Waals surface area contributed by atoms with E-state index in [9.17, 15) is 14.7 Å². The predicted octanol–water partition coefficient (Wildman–Crippen LogP) is 0.648. The Morgan fingerprint density at radius 3 is 2.90 bits per heavy atom. The molecule has 0 spiro atoms. The van der Waals surface area contributed by atoms with Gasteiger partial charge in [0.2, 0.25) is 0 Å². The maximum Gasteiger partial charge on any atom is 0.311 e. The zero-order chi connectivity index (χ0) is 15.4. The highest BCUT2D eigenvalue weighted by molar-refractivity contribution is 5.72. The fourth-order valence-corrected chi connectivity index (χ4v) is 2.59. The summed E-state index contributed by atoms with van der Waals surface area (Å²) in [5.74, 6) is -0.342. The highest BCUT2D eigenvalue weighted by Gasteiger charge is 2.38. The summed E-state index contributed by atoms with van der Waals surface area (Å²) in [6, 6.07) is 1.13. The van der Waals surface area contributed by atoms with E-state index in [0.717, 1.165) is 6.42 Å². The second-order valence-corrected chi connectivity index (χ2v) is 5.15. The van der Waals surface area contributed by atoms with Gasteiger partial charge < -0.3 is 19.7 Å². The van der Waals surface area contributed by atoms with Crippen molar-refractivity contribution in [3.05, 3.63) is 22.2 Å². The number of aromatic nitrogens is 2. The number of carbonyl (C=O) groups is 1. The number of carboxylic acid groups (broad SMARTS) is 1. The van der Waals surface area contributed by atoms with Crippen LogP contribution in [-0.2, 0) is 16.0 Å². The van der Waals surface area contributed by atoms with Crippen molar-refractivity contribution in [3.8, 4) is 0 Å². The van der Waals surface area contributed by atoms with E-state index in [0.29, 0.717) is 31.2 Å². The molecule has 7 nitrogen and oxygen atoms in total. The Morgan fingerprint density at radius 1 is 1.52 bits per heavy atom. The molecule has 1 aliphatic heterocycles. The lowest BCUT2D eigenvalue weighted by Crippen LogP contribution is -2.44. The van der Waals surface area contributed by atoms with Crippen molar-refractivity contribution in [1.29, 1.82) is 0 Å². The number of nitrogens with zero attached hydrogens (tertiary/aromatic N) is 2. The number of aryl methyl sites for hydroxylation is 1. The first-order valence-corrected chi connectivity index (χ1v) is 7.24. The van der Waals surface area contributed by atoms with E-state index in [4.69, 9.17) is 4.74 Å². The number of hydrogen-bond acceptors (Lipinski definition) is 5. The molecule has 0 radical (unpaired) electrons. The molecule has 2 heterocycles. The average Bonchev–Trinajstić information content (AvgIpc) is 2.93. The van der Waals surface area contributed by atoms with Gasteiger partial charge in [-0.15, -0.1) is 0 Å². The molecule has 21 heavy (non-hydrogen) atoms. The summed E-state index contributed by atoms with van der Waals surface area (Å²) in [5, 5.41) is 9.31. The third kappa shape index (κ3) is 3.41. The van der Waals surface area contributed by atoms with Crippen molar-refractivity contribution < 1.29 is 14.6 Å². The lowest BCUT2D eigenvalue weighted by Gasteiger charge is -2.31. The van der Waals surface area contributed by atoms with E-state index in [2.05, 4.69) is 9.97 Å². The van der Waals surface area contributed by atoms with E-state index in [-0.39, 0.29) is 18.2 Å². The molecule has 1 aliphatic rings. The molecule has 0 bridgehead atoms. The van der Waals surface area contributed by atoms with Gasteiger partial charge in [-0.1, -0.05) is 13.8 Å². The van der Waals surface area contributed by atoms with Crippen LogP contribution < -0.4 is 10.5 Å². The van der Waals surface area contributed by atoms with Gasteiger partial charge >= 0.3 is 5.97 Å². The maximum absolute atomic E-state index is 11.7. The largest absolute Gasteiger partial charge is 0.481 e. The van der Waals surface area contributed by atoms with E-state index in [1.54, 1.807) is 0 Å². The van der Waals surface area contributed by atoms with E-state index in [1.807, 2.05) is 18.7 Å². The first kappa shape index (κ1) is 15.5. The second kappa shape index (κ2) is 6.71. The number of anilines is 1. The Balaban J connectivity index is 2.36. The summed E-state index contributed by atoms with van der Waals surface area (Å²) in [4.78, 5) is 32.1. The summed E-state index contributed by atoms with van der Waals surface area (Å²) >= 11 is 0. The summed E-state index contributed by atoms with van der Waals surface area (Å²) in [6.45, 7) is 5.09. The molecule has 2 atom stereocenters. The Morgan fingerprint density at radius 2 is 2.29 bits per heavy atom. The second-order valence-electron chi connectivity index (χ2n) is 5.15. The van der Waals surface area contributed by atoms with Gasteiger partial charge in [-0.25, -0.2) is 4.98 Å². The average molecular weight is 295 g/mol. The van der Waals surface area contributed by atoms with Crippen LogP contribution in [0.1, 0.15) is 26.1 Å². The molecule has 1 saturated heterocycles. The molecule has 1 aromatic rings. The molecular formula is C14H21N3O4. The van der Waals surface area contributed by atoms with Gasteiger partial charge in [0.1, 0.15) is 17.6 Å². The number of carboxylic acids is 1. The van der Waals surface area contributed by atoms with Gasteiger partial charge in [0, 0.05) is 19.0 Å². The van der Waals surface area contributed by atoms with Crippen LogP contribution in [-0.4, -0.2) is 46.8 Å². The van der Waals surface area contributed by atoms with Gasteiger partial charge in [-0.3, -0.25) is 9.59 Å². The van der Waals surface area contributed by atoms with Crippen molar-refractivity contribution in [2.75, 3.05) is 24.7 Å². The van der Waals surface area contributed by atoms with Gasteiger partial charge in [-0.2, -0.15) is 0 Å². The van der Waals surface area contributed by atoms with Crippen LogP contribution in [0.3, 0.4) is 0 Å². The molecule has 7 heteroatoms. The van der Waals surface area contributed by atoms with E-state index in [1.165, 1.54) is 6.07 Å². The zero-order valence-electron chi connectivity index (χ0n) is 12.3. The molecule has 1 fully saturated rings. The summed E-state index contributed by atoms with van der Waals surface area (Å²) in [7, 11) is 0. The lowest BCUT2D eigenvalue weighted by molar-refractivity contribution is -0.141. The maximum atomic E-state index is 11.7. The molecule has 0 aliphatic carbocycles. The minimum absolute atomic E-state index is 0.198. The Hall–Kier alpha value is -1.89. The third-order valence-electron chi connectivity index (χ3n) is 3.64. The predicted molar refractivity (Wildman–Crippen MR) is 77.6 cm³/mol. The number of H-pyrrole nitrogens is 1. The molecule has 0 saturated carbocycles. The van der Waals surface area contributed by atoms with Gasteiger partial charge in [0.25, 0.3) is 5.56 Å². The zero-order valence-corrected chi connectivity index (χ0v) is 12.3. The van der Waals surface area contributed by atoms with Crippen molar-refractivity contribution in [3.63, 3.8) is 0 Å². The van der Waals surface area contributed by atoms with Crippen molar-refractivity contribution >= 4 is 11.8 Å². The van der Waals surface area contributed by atoms with Gasteiger partial charge in [0.15, 0.2) is 0 Å². The number of nitrogens with one attached hydrogen (secondary N) is 1. The van der Waals surface area contributed by atoms with Crippen LogP contribution in [0.15, 0.2) is 10.9 Å². The topological polar surface area (TPSA) is 95.5 Å². The molecule has 2 unspecified atom stereocenters. The van der Waals surface area contributed by atoms with Crippen LogP contribution in [0.4, 0.5) is 5.82 Å².